The molecule has 0 bridgehead atoms. The smallest absolute Gasteiger partial charge is 0.336 e. The highest BCUT2D eigenvalue weighted by molar-refractivity contribution is 6.37. The fraction of sp³-hybridized carbons (Fsp3) is 0.100. The number of carboxylic acids is 1. The summed E-state index contributed by atoms with van der Waals surface area (Å²) in [5.74, 6) is -6.58. The highest BCUT2D eigenvalue weighted by atomic mass is 16.8. The van der Waals surface area contributed by atoms with Crippen molar-refractivity contribution < 1.29 is 59.1 Å². The summed E-state index contributed by atoms with van der Waals surface area (Å²) < 4.78 is 6.09. The first-order valence-electron chi connectivity index (χ1n) is 13.2. The lowest BCUT2D eigenvalue weighted by molar-refractivity contribution is -0.179. The van der Waals surface area contributed by atoms with Crippen molar-refractivity contribution in [2.45, 2.75) is 12.4 Å². The molecule has 0 spiro atoms. The van der Waals surface area contributed by atoms with Crippen LogP contribution in [0.25, 0.3) is 33.4 Å². The lowest BCUT2D eigenvalue weighted by Gasteiger charge is -2.18. The van der Waals surface area contributed by atoms with E-state index in [4.69, 9.17) is 4.42 Å². The van der Waals surface area contributed by atoms with Crippen LogP contribution in [0.15, 0.2) is 75.9 Å². The topological polar surface area (TPSA) is 258 Å². The monoisotopic (exact) mass is 633 g/mol. The molecule has 0 saturated heterocycles. The van der Waals surface area contributed by atoms with Gasteiger partial charge in [-0.25, -0.2) is 4.79 Å². The maximum Gasteiger partial charge on any atom is 0.336 e. The van der Waals surface area contributed by atoms with E-state index in [0.717, 1.165) is 12.1 Å². The number of hydrogen-bond donors (Lipinski definition) is 8. The number of aromatic hydroxyl groups is 3. The Morgan fingerprint density at radius 1 is 0.848 bits per heavy atom. The molecule has 0 fully saturated rings. The number of rotatable bonds is 10. The van der Waals surface area contributed by atoms with Crippen LogP contribution in [0.3, 0.4) is 0 Å². The van der Waals surface area contributed by atoms with E-state index in [1.165, 1.54) is 54.6 Å². The van der Waals surface area contributed by atoms with Gasteiger partial charge in [-0.05, 0) is 48.0 Å². The van der Waals surface area contributed by atoms with Crippen LogP contribution < -0.4 is 20.9 Å². The van der Waals surface area contributed by atoms with Gasteiger partial charge in [0.2, 0.25) is 11.8 Å². The molecule has 0 saturated carbocycles. The summed E-state index contributed by atoms with van der Waals surface area (Å²) in [6.45, 7) is -0.649. The number of aromatic carboxylic acids is 1. The predicted molar refractivity (Wildman–Crippen MR) is 155 cm³/mol. The average molecular weight is 634 g/mol. The van der Waals surface area contributed by atoms with Crippen LogP contribution in [-0.2, 0) is 9.59 Å². The third-order valence-corrected chi connectivity index (χ3v) is 6.73. The fourth-order valence-electron chi connectivity index (χ4n) is 4.56. The molecule has 46 heavy (non-hydrogen) atoms. The van der Waals surface area contributed by atoms with Crippen LogP contribution in [0.1, 0.15) is 20.7 Å². The zero-order chi connectivity index (χ0) is 33.3. The van der Waals surface area contributed by atoms with E-state index < -0.39 is 54.4 Å². The number of phenolic OH excluding ortho intramolecular Hbond substituents is 1. The number of nitrogens with zero attached hydrogens (tertiary/aromatic N) is 1. The second-order valence-electron chi connectivity index (χ2n) is 9.72. The molecule has 1 aromatic heterocycles. The molecule has 2 aliphatic rings. The number of aliphatic hydroxyl groups is 2. The molecule has 2 amide bonds. The Kier molecular flexibility index (Phi) is 8.31. The van der Waals surface area contributed by atoms with Crippen LogP contribution in [0.2, 0.25) is 0 Å². The van der Waals surface area contributed by atoms with Gasteiger partial charge < -0.3 is 50.5 Å². The molecule has 1 aliphatic carbocycles. The number of carboxylic acid groups (broad SMARTS) is 1. The zero-order valence-electron chi connectivity index (χ0n) is 23.2. The van der Waals surface area contributed by atoms with E-state index in [1.54, 1.807) is 0 Å². The van der Waals surface area contributed by atoms with Crippen molar-refractivity contribution in [2.24, 2.45) is 0 Å². The molecule has 2 unspecified atom stereocenters. The number of aliphatic hydroxyl groups excluding tert-OH is 2. The molecule has 0 radical (unpaired) electrons. The van der Waals surface area contributed by atoms with Crippen molar-refractivity contribution >= 4 is 34.5 Å². The molecule has 5 rings (SSSR count). The normalized spacial score (nSPS) is 12.4. The Bertz CT molecular complexity index is 2030. The Labute approximate surface area is 256 Å². The van der Waals surface area contributed by atoms with Gasteiger partial charge in [0, 0.05) is 46.3 Å². The number of ketones is 1. The Hall–Kier alpha value is -6.39. The first-order valence-corrected chi connectivity index (χ1v) is 13.2. The van der Waals surface area contributed by atoms with Crippen LogP contribution in [0.4, 0.5) is 0 Å². The second-order valence-corrected chi connectivity index (χ2v) is 9.72. The van der Waals surface area contributed by atoms with Gasteiger partial charge >= 0.3 is 5.97 Å². The Morgan fingerprint density at radius 2 is 1.57 bits per heavy atom. The maximum atomic E-state index is 13.0. The molecular weight excluding hydrogens is 610 g/mol. The predicted octanol–water partition coefficient (Wildman–Crippen LogP) is 0.362. The van der Waals surface area contributed by atoms with Gasteiger partial charge in [0.1, 0.15) is 17.1 Å². The molecule has 2 atom stereocenters. The van der Waals surface area contributed by atoms with Crippen molar-refractivity contribution in [3.63, 3.8) is 0 Å². The molecule has 2 heterocycles. The first-order chi connectivity index (χ1) is 21.8. The van der Waals surface area contributed by atoms with Gasteiger partial charge in [-0.2, -0.15) is 0 Å². The number of fused-ring (bicyclic) bond motifs is 2. The highest BCUT2D eigenvalue weighted by Gasteiger charge is 2.32. The molecule has 2 aromatic carbocycles. The van der Waals surface area contributed by atoms with Crippen LogP contribution in [0, 0.1) is 0 Å². The van der Waals surface area contributed by atoms with Crippen molar-refractivity contribution in [2.75, 3.05) is 6.67 Å². The highest BCUT2D eigenvalue weighted by Crippen LogP contribution is 2.42. The number of phenols is 1. The Balaban J connectivity index is 1.36. The van der Waals surface area contributed by atoms with Crippen molar-refractivity contribution in [3.8, 4) is 40.0 Å². The largest absolute Gasteiger partial charge is 0.508 e. The summed E-state index contributed by atoms with van der Waals surface area (Å²) in [6.07, 6.45) is -4.84. The molecule has 3 aromatic rings. The summed E-state index contributed by atoms with van der Waals surface area (Å²) in [5, 5.41) is 63.6. The zero-order valence-corrected chi connectivity index (χ0v) is 23.2. The quantitative estimate of drug-likeness (QED) is 0.0588. The standard InChI is InChI=1S/C30H23N3O13/c34-14-2-5-17-20(10-14)45-21-11-15(35)3-6-18(21)24(17)19-9-13(1-4-16(19)29(42)43)27(40)31-12-32-28(41)25(38)26(39)30(44)46-33-22(36)7-8-23(33)37/h1-11,26,30,34,36-37,39,44H,12H2,(H,31,40)(H,32,41)(H,42,43). The average Bonchev–Trinajstić information content (AvgIpc) is 3.34. The van der Waals surface area contributed by atoms with E-state index in [-0.39, 0.29) is 39.2 Å². The number of amides is 2. The van der Waals surface area contributed by atoms with Crippen LogP contribution >= 0.6 is 0 Å². The summed E-state index contributed by atoms with van der Waals surface area (Å²) in [4.78, 5) is 66.4. The number of hydrogen-bond acceptors (Lipinski definition) is 12. The van der Waals surface area contributed by atoms with E-state index in [1.807, 2.05) is 5.32 Å². The van der Waals surface area contributed by atoms with Gasteiger partial charge in [0.25, 0.3) is 23.9 Å². The van der Waals surface area contributed by atoms with Crippen molar-refractivity contribution in [1.29, 1.82) is 0 Å². The van der Waals surface area contributed by atoms with Crippen molar-refractivity contribution in [1.82, 2.24) is 15.4 Å². The van der Waals surface area contributed by atoms with E-state index in [0.29, 0.717) is 21.2 Å². The maximum absolute atomic E-state index is 13.0. The lowest BCUT2D eigenvalue weighted by Crippen LogP contribution is -2.49. The number of nitrogens with one attached hydrogen (secondary N) is 2. The van der Waals surface area contributed by atoms with Gasteiger partial charge in [0.05, 0.1) is 12.2 Å². The third-order valence-electron chi connectivity index (χ3n) is 6.73. The van der Waals surface area contributed by atoms with Crippen LogP contribution in [0.5, 0.6) is 17.5 Å². The summed E-state index contributed by atoms with van der Waals surface area (Å²) in [7, 11) is 0. The first kappa shape index (κ1) is 31.0. The fourth-order valence-corrected chi connectivity index (χ4v) is 4.56. The number of aromatic nitrogens is 1. The molecule has 8 N–H and O–H groups in total. The van der Waals surface area contributed by atoms with E-state index in [9.17, 15) is 54.6 Å². The molecule has 1 aliphatic heterocycles. The van der Waals surface area contributed by atoms with Crippen molar-refractivity contribution in [3.05, 3.63) is 88.1 Å². The Morgan fingerprint density at radius 3 is 2.26 bits per heavy atom. The molecule has 16 heteroatoms. The molecule has 16 nitrogen and oxygen atoms in total. The summed E-state index contributed by atoms with van der Waals surface area (Å²) in [6, 6.07) is 13.6. The summed E-state index contributed by atoms with van der Waals surface area (Å²) in [5.41, 5.74) is 0.159. The van der Waals surface area contributed by atoms with Crippen LogP contribution in [-0.4, -0.2) is 78.0 Å². The number of Topliss-reactive ketones (excluding diaryl/α,β-unsaturated/α-hetero) is 1. The van der Waals surface area contributed by atoms with Gasteiger partial charge in [0.15, 0.2) is 11.5 Å². The minimum atomic E-state index is -2.45. The number of carbonyl (C=O) groups is 4. The molecule has 236 valence electrons. The number of benzene rings is 3. The van der Waals surface area contributed by atoms with E-state index in [2.05, 4.69) is 10.2 Å². The van der Waals surface area contributed by atoms with Gasteiger partial charge in [-0.1, -0.05) is 0 Å². The SMILES string of the molecule is O=C(NCNC(=O)c1ccc(C(=O)O)c(-c2c3ccc(=O)cc-3oc3cc(O)ccc23)c1)C(=O)C(O)C(O)On1c(O)ccc1O. The minimum absolute atomic E-state index is 0.0615. The molecular formula is C30H23N3O13. The second kappa shape index (κ2) is 12.3. The van der Waals surface area contributed by atoms with Gasteiger partial charge in [-0.15, -0.1) is 4.73 Å². The number of carbonyl (C=O) groups excluding carboxylic acids is 3. The lowest BCUT2D eigenvalue weighted by atomic mass is 9.89. The van der Waals surface area contributed by atoms with E-state index >= 15 is 0 Å². The van der Waals surface area contributed by atoms with Gasteiger partial charge in [-0.3, -0.25) is 19.2 Å². The summed E-state index contributed by atoms with van der Waals surface area (Å²) >= 11 is 0. The third kappa shape index (κ3) is 6.01. The minimum Gasteiger partial charge on any atom is -0.508 e.